The Morgan fingerprint density at radius 2 is 1.79 bits per heavy atom. The molecule has 34 heavy (non-hydrogen) atoms. The van der Waals surface area contributed by atoms with Crippen LogP contribution < -0.4 is 16.1 Å². The molecule has 0 saturated carbocycles. The zero-order chi connectivity index (χ0) is 24.3. The fourth-order valence-electron chi connectivity index (χ4n) is 3.65. The maximum absolute atomic E-state index is 13.0. The van der Waals surface area contributed by atoms with Crippen LogP contribution in [0.3, 0.4) is 0 Å². The summed E-state index contributed by atoms with van der Waals surface area (Å²) in [6, 6.07) is 16.7. The van der Waals surface area contributed by atoms with Crippen LogP contribution >= 0.6 is 0 Å². The molecule has 1 atom stereocenters. The zero-order valence-corrected chi connectivity index (χ0v) is 18.8. The first-order chi connectivity index (χ1) is 16.3. The largest absolute Gasteiger partial charge is 0.459 e. The van der Waals surface area contributed by atoms with Gasteiger partial charge in [0.2, 0.25) is 0 Å². The second-order valence-corrected chi connectivity index (χ2v) is 8.29. The number of benzene rings is 2. The Kier molecular flexibility index (Phi) is 6.18. The highest BCUT2D eigenvalue weighted by atomic mass is 16.3. The molecule has 174 valence electrons. The monoisotopic (exact) mass is 460 g/mol. The van der Waals surface area contributed by atoms with E-state index in [1.54, 1.807) is 32.0 Å². The fourth-order valence-corrected chi connectivity index (χ4v) is 3.65. The van der Waals surface area contributed by atoms with E-state index in [9.17, 15) is 19.2 Å². The van der Waals surface area contributed by atoms with Crippen LogP contribution in [0.4, 0.5) is 10.5 Å². The highest BCUT2D eigenvalue weighted by Gasteiger charge is 2.48. The van der Waals surface area contributed by atoms with E-state index in [2.05, 4.69) is 16.1 Å². The molecule has 9 heteroatoms. The van der Waals surface area contributed by atoms with Crippen molar-refractivity contribution in [2.24, 2.45) is 0 Å². The molecule has 1 fully saturated rings. The third-order valence-corrected chi connectivity index (χ3v) is 5.72. The van der Waals surface area contributed by atoms with E-state index in [0.29, 0.717) is 23.5 Å². The van der Waals surface area contributed by atoms with Crippen LogP contribution in [0, 0.1) is 6.92 Å². The third kappa shape index (κ3) is 4.68. The van der Waals surface area contributed by atoms with Crippen molar-refractivity contribution in [2.45, 2.75) is 32.2 Å². The molecule has 0 spiro atoms. The molecule has 9 nitrogen and oxygen atoms in total. The molecule has 0 bridgehead atoms. The van der Waals surface area contributed by atoms with Crippen molar-refractivity contribution in [2.75, 3.05) is 5.32 Å². The lowest BCUT2D eigenvalue weighted by Crippen LogP contribution is -2.49. The van der Waals surface area contributed by atoms with Crippen LogP contribution in [0.2, 0.25) is 0 Å². The molecule has 3 aromatic rings. The predicted octanol–water partition coefficient (Wildman–Crippen LogP) is 3.43. The van der Waals surface area contributed by atoms with Crippen LogP contribution in [0.25, 0.3) is 0 Å². The lowest BCUT2D eigenvalue weighted by Gasteiger charge is -2.21. The minimum absolute atomic E-state index is 0.128. The molecular weight excluding hydrogens is 436 g/mol. The van der Waals surface area contributed by atoms with Crippen LogP contribution in [0.15, 0.2) is 71.3 Å². The average Bonchev–Trinajstić information content (AvgIpc) is 3.44. The second-order valence-electron chi connectivity index (χ2n) is 8.29. The Balaban J connectivity index is 1.44. The minimum Gasteiger partial charge on any atom is -0.459 e. The predicted molar refractivity (Wildman–Crippen MR) is 124 cm³/mol. The number of nitrogens with zero attached hydrogens (tertiary/aromatic N) is 1. The van der Waals surface area contributed by atoms with Gasteiger partial charge in [-0.15, -0.1) is 0 Å². The van der Waals surface area contributed by atoms with Crippen molar-refractivity contribution < 1.29 is 23.6 Å². The number of amides is 5. The number of anilines is 1. The molecule has 1 aliphatic heterocycles. The highest BCUT2D eigenvalue weighted by molar-refractivity contribution is 6.09. The van der Waals surface area contributed by atoms with Crippen LogP contribution in [0.5, 0.6) is 0 Å². The Hall–Kier alpha value is -4.40. The molecule has 1 unspecified atom stereocenters. The van der Waals surface area contributed by atoms with Crippen molar-refractivity contribution in [3.8, 4) is 0 Å². The Bertz CT molecular complexity index is 1240. The maximum Gasteiger partial charge on any atom is 0.344 e. The summed E-state index contributed by atoms with van der Waals surface area (Å²) in [6.07, 6.45) is 2.35. The molecule has 2 heterocycles. The number of imide groups is 1. The highest BCUT2D eigenvalue weighted by Crippen LogP contribution is 2.23. The Morgan fingerprint density at radius 1 is 1.03 bits per heavy atom. The minimum atomic E-state index is -1.14. The van der Waals surface area contributed by atoms with Gasteiger partial charge in [0.15, 0.2) is 5.76 Å². The summed E-state index contributed by atoms with van der Waals surface area (Å²) < 4.78 is 5.08. The van der Waals surface area contributed by atoms with Gasteiger partial charge < -0.3 is 15.1 Å². The van der Waals surface area contributed by atoms with Gasteiger partial charge in [-0.1, -0.05) is 36.4 Å². The zero-order valence-electron chi connectivity index (χ0n) is 18.8. The van der Waals surface area contributed by atoms with Crippen molar-refractivity contribution in [3.63, 3.8) is 0 Å². The normalized spacial score (nSPS) is 17.4. The summed E-state index contributed by atoms with van der Waals surface area (Å²) in [5.41, 5.74) is 3.56. The number of carbonyl (C=O) groups is 4. The summed E-state index contributed by atoms with van der Waals surface area (Å²) in [5, 5.41) is 6.07. The molecule has 4 rings (SSSR count). The van der Waals surface area contributed by atoms with Crippen molar-refractivity contribution in [1.82, 2.24) is 15.8 Å². The van der Waals surface area contributed by atoms with Gasteiger partial charge in [-0.25, -0.2) is 4.79 Å². The maximum atomic E-state index is 13.0. The van der Waals surface area contributed by atoms with Gasteiger partial charge in [0.05, 0.1) is 6.26 Å². The number of aryl methyl sites for hydroxylation is 2. The molecule has 1 aromatic heterocycles. The number of hydrazine groups is 1. The molecule has 1 aliphatic rings. The number of furan rings is 1. The van der Waals surface area contributed by atoms with E-state index in [0.717, 1.165) is 11.1 Å². The lowest BCUT2D eigenvalue weighted by atomic mass is 9.93. The van der Waals surface area contributed by atoms with E-state index < -0.39 is 29.3 Å². The topological polar surface area (TPSA) is 121 Å². The van der Waals surface area contributed by atoms with Crippen LogP contribution in [-0.2, 0) is 11.2 Å². The van der Waals surface area contributed by atoms with Crippen LogP contribution in [0.1, 0.15) is 45.4 Å². The molecule has 1 saturated heterocycles. The standard InChI is InChI=1S/C25H24N4O5/c1-16-10-11-18(15-19(16)26-22(31)20-9-6-14-34-20)21(30)28-29-23(32)25(2,27-24(29)33)13-12-17-7-4-3-5-8-17/h3-11,14-15H,12-13H2,1-2H3,(H,26,31)(H,27,33)(H,28,30). The first-order valence-corrected chi connectivity index (χ1v) is 10.7. The van der Waals surface area contributed by atoms with Gasteiger partial charge in [-0.2, -0.15) is 5.01 Å². The van der Waals surface area contributed by atoms with Crippen molar-refractivity contribution in [3.05, 3.63) is 89.4 Å². The molecule has 0 radical (unpaired) electrons. The van der Waals surface area contributed by atoms with Gasteiger partial charge >= 0.3 is 6.03 Å². The summed E-state index contributed by atoms with van der Waals surface area (Å²) in [5.74, 6) is -1.54. The van der Waals surface area contributed by atoms with Gasteiger partial charge in [0.25, 0.3) is 17.7 Å². The fraction of sp³-hybridized carbons (Fsp3) is 0.200. The first-order valence-electron chi connectivity index (χ1n) is 10.7. The number of nitrogens with one attached hydrogen (secondary N) is 3. The Labute approximate surface area is 196 Å². The summed E-state index contributed by atoms with van der Waals surface area (Å²) in [4.78, 5) is 50.6. The quantitative estimate of drug-likeness (QED) is 0.467. The molecule has 5 amide bonds. The van der Waals surface area contributed by atoms with E-state index in [1.165, 1.54) is 18.4 Å². The summed E-state index contributed by atoms with van der Waals surface area (Å²) in [7, 11) is 0. The van der Waals surface area contributed by atoms with E-state index in [-0.39, 0.29) is 11.3 Å². The van der Waals surface area contributed by atoms with Gasteiger partial charge in [-0.3, -0.25) is 19.8 Å². The van der Waals surface area contributed by atoms with Gasteiger partial charge in [0, 0.05) is 11.3 Å². The van der Waals surface area contributed by atoms with Gasteiger partial charge in [-0.05, 0) is 62.1 Å². The molecule has 2 aromatic carbocycles. The third-order valence-electron chi connectivity index (χ3n) is 5.72. The lowest BCUT2D eigenvalue weighted by molar-refractivity contribution is -0.132. The number of hydrogen-bond donors (Lipinski definition) is 3. The van der Waals surface area contributed by atoms with E-state index in [4.69, 9.17) is 4.42 Å². The molecular formula is C25H24N4O5. The molecule has 3 N–H and O–H groups in total. The van der Waals surface area contributed by atoms with Crippen LogP contribution in [-0.4, -0.2) is 34.3 Å². The first kappa shape index (κ1) is 22.8. The number of rotatable bonds is 7. The van der Waals surface area contributed by atoms with Crippen molar-refractivity contribution in [1.29, 1.82) is 0 Å². The number of urea groups is 1. The average molecular weight is 460 g/mol. The SMILES string of the molecule is Cc1ccc(C(=O)NN2C(=O)NC(C)(CCc3ccccc3)C2=O)cc1NC(=O)c1ccco1. The number of hydrogen-bond acceptors (Lipinski definition) is 5. The van der Waals surface area contributed by atoms with Gasteiger partial charge in [0.1, 0.15) is 5.54 Å². The van der Waals surface area contributed by atoms with E-state index >= 15 is 0 Å². The van der Waals surface area contributed by atoms with Crippen molar-refractivity contribution >= 4 is 29.4 Å². The molecule has 0 aliphatic carbocycles. The summed E-state index contributed by atoms with van der Waals surface area (Å²) >= 11 is 0. The number of carbonyl (C=O) groups excluding carboxylic acids is 4. The second kappa shape index (κ2) is 9.22. The van der Waals surface area contributed by atoms with E-state index in [1.807, 2.05) is 30.3 Å². The smallest absolute Gasteiger partial charge is 0.344 e. The summed E-state index contributed by atoms with van der Waals surface area (Å²) in [6.45, 7) is 3.41. The Morgan fingerprint density at radius 3 is 2.50 bits per heavy atom.